The van der Waals surface area contributed by atoms with Gasteiger partial charge in [0, 0.05) is 43.7 Å². The van der Waals surface area contributed by atoms with E-state index in [2.05, 4.69) is 40.4 Å². The lowest BCUT2D eigenvalue weighted by Crippen LogP contribution is -2.34. The van der Waals surface area contributed by atoms with Gasteiger partial charge < -0.3 is 10.2 Å². The third-order valence-corrected chi connectivity index (χ3v) is 6.47. The van der Waals surface area contributed by atoms with Crippen molar-refractivity contribution in [1.29, 1.82) is 0 Å². The number of carbonyl (C=O) groups excluding carboxylic acids is 2. The van der Waals surface area contributed by atoms with Crippen LogP contribution in [0.4, 0.5) is 5.69 Å². The van der Waals surface area contributed by atoms with Gasteiger partial charge in [0.1, 0.15) is 0 Å². The van der Waals surface area contributed by atoms with Crippen LogP contribution in [0.3, 0.4) is 0 Å². The van der Waals surface area contributed by atoms with Crippen molar-refractivity contribution in [3.8, 4) is 0 Å². The summed E-state index contributed by atoms with van der Waals surface area (Å²) in [4.78, 5) is 26.7. The first-order chi connectivity index (χ1) is 15.1. The Kier molecular flexibility index (Phi) is 6.99. The van der Waals surface area contributed by atoms with Crippen molar-refractivity contribution in [2.75, 3.05) is 18.9 Å². The first-order valence-electron chi connectivity index (χ1n) is 11.3. The van der Waals surface area contributed by atoms with Gasteiger partial charge in [-0.05, 0) is 49.3 Å². The number of hydrazine groups is 1. The lowest BCUT2D eigenvalue weighted by molar-refractivity contribution is -0.130. The summed E-state index contributed by atoms with van der Waals surface area (Å²) in [5.41, 5.74) is 10.1. The quantitative estimate of drug-likeness (QED) is 0.612. The number of hydrogen-bond acceptors (Lipinski definition) is 4. The molecule has 0 aliphatic carbocycles. The van der Waals surface area contributed by atoms with E-state index in [1.54, 1.807) is 0 Å². The third-order valence-electron chi connectivity index (χ3n) is 6.47. The zero-order chi connectivity index (χ0) is 21.6. The maximum atomic E-state index is 12.6. The first kappa shape index (κ1) is 21.5. The van der Waals surface area contributed by atoms with E-state index >= 15 is 0 Å². The summed E-state index contributed by atoms with van der Waals surface area (Å²) in [7, 11) is 1.87. The molecule has 1 saturated heterocycles. The summed E-state index contributed by atoms with van der Waals surface area (Å²) >= 11 is 0. The Morgan fingerprint density at radius 1 is 1.03 bits per heavy atom. The van der Waals surface area contributed by atoms with Crippen LogP contribution in [0.25, 0.3) is 0 Å². The summed E-state index contributed by atoms with van der Waals surface area (Å²) < 4.78 is 0. The van der Waals surface area contributed by atoms with Crippen LogP contribution in [0.5, 0.6) is 0 Å². The number of nitrogens with zero attached hydrogens (tertiary/aromatic N) is 1. The zero-order valence-electron chi connectivity index (χ0n) is 18.1. The van der Waals surface area contributed by atoms with E-state index in [1.165, 1.54) is 5.56 Å². The number of nitrogens with one attached hydrogen (secondary N) is 3. The number of para-hydroxylation sites is 1. The molecule has 0 radical (unpaired) electrons. The van der Waals surface area contributed by atoms with E-state index in [0.29, 0.717) is 31.3 Å². The fourth-order valence-electron chi connectivity index (χ4n) is 4.55. The molecule has 0 saturated carbocycles. The van der Waals surface area contributed by atoms with Gasteiger partial charge in [-0.3, -0.25) is 20.4 Å². The predicted molar refractivity (Wildman–Crippen MR) is 122 cm³/mol. The predicted octanol–water partition coefficient (Wildman–Crippen LogP) is 3.42. The highest BCUT2D eigenvalue weighted by Crippen LogP contribution is 2.28. The van der Waals surface area contributed by atoms with Crippen molar-refractivity contribution in [2.45, 2.75) is 50.6 Å². The van der Waals surface area contributed by atoms with Crippen LogP contribution >= 0.6 is 0 Å². The van der Waals surface area contributed by atoms with Crippen LogP contribution in [-0.2, 0) is 16.0 Å². The van der Waals surface area contributed by atoms with Gasteiger partial charge in [0.05, 0.1) is 0 Å². The molecule has 0 aromatic heterocycles. The molecule has 3 atom stereocenters. The van der Waals surface area contributed by atoms with Crippen molar-refractivity contribution in [1.82, 2.24) is 15.8 Å². The SMILES string of the molecule is CN(CCCC1CC(c2ccccc2)NN1)C(=O)CCC1Cc2ccccc2NC1=O. The minimum atomic E-state index is -0.129. The Balaban J connectivity index is 1.16. The molecule has 31 heavy (non-hydrogen) atoms. The number of fused-ring (bicyclic) bond motifs is 1. The van der Waals surface area contributed by atoms with E-state index in [0.717, 1.165) is 37.1 Å². The number of amides is 2. The van der Waals surface area contributed by atoms with Gasteiger partial charge in [-0.25, -0.2) is 0 Å². The number of benzene rings is 2. The van der Waals surface area contributed by atoms with Crippen LogP contribution in [0.15, 0.2) is 54.6 Å². The minimum Gasteiger partial charge on any atom is -0.346 e. The van der Waals surface area contributed by atoms with Crippen LogP contribution < -0.4 is 16.2 Å². The van der Waals surface area contributed by atoms with Gasteiger partial charge in [0.15, 0.2) is 0 Å². The molecule has 0 bridgehead atoms. The molecule has 2 aliphatic heterocycles. The number of anilines is 1. The minimum absolute atomic E-state index is 0.0296. The number of hydrogen-bond donors (Lipinski definition) is 3. The van der Waals surface area contributed by atoms with Gasteiger partial charge >= 0.3 is 0 Å². The summed E-state index contributed by atoms with van der Waals surface area (Å²) in [6, 6.07) is 19.1. The molecule has 2 aromatic rings. The van der Waals surface area contributed by atoms with E-state index in [-0.39, 0.29) is 17.7 Å². The summed E-state index contributed by atoms with van der Waals surface area (Å²) in [6.45, 7) is 0.743. The first-order valence-corrected chi connectivity index (χ1v) is 11.3. The Bertz CT molecular complexity index is 901. The maximum absolute atomic E-state index is 12.6. The molecule has 164 valence electrons. The monoisotopic (exact) mass is 420 g/mol. The van der Waals surface area contributed by atoms with Gasteiger partial charge in [-0.1, -0.05) is 48.5 Å². The lowest BCUT2D eigenvalue weighted by Gasteiger charge is -2.25. The van der Waals surface area contributed by atoms with Crippen molar-refractivity contribution in [3.63, 3.8) is 0 Å². The highest BCUT2D eigenvalue weighted by molar-refractivity contribution is 5.96. The summed E-state index contributed by atoms with van der Waals surface area (Å²) in [6.07, 6.45) is 4.75. The van der Waals surface area contributed by atoms with Gasteiger partial charge in [0.25, 0.3) is 0 Å². The van der Waals surface area contributed by atoms with Crippen molar-refractivity contribution in [2.24, 2.45) is 5.92 Å². The Morgan fingerprint density at radius 3 is 2.65 bits per heavy atom. The van der Waals surface area contributed by atoms with Gasteiger partial charge in [0.2, 0.25) is 11.8 Å². The number of carbonyl (C=O) groups is 2. The molecular formula is C25H32N4O2. The van der Waals surface area contributed by atoms with Crippen molar-refractivity contribution >= 4 is 17.5 Å². The van der Waals surface area contributed by atoms with E-state index in [1.807, 2.05) is 42.3 Å². The van der Waals surface area contributed by atoms with E-state index in [4.69, 9.17) is 0 Å². The highest BCUT2D eigenvalue weighted by atomic mass is 16.2. The summed E-state index contributed by atoms with van der Waals surface area (Å²) in [5, 5.41) is 2.97. The standard InChI is InChI=1S/C25H32N4O2/c1-29(15-7-11-21-17-23(28-27-21)18-8-3-2-4-9-18)24(30)14-13-20-16-19-10-5-6-12-22(19)26-25(20)31/h2-6,8-10,12,20-21,23,27-28H,7,11,13-17H2,1H3,(H,26,31). The molecule has 2 heterocycles. The van der Waals surface area contributed by atoms with Crippen molar-refractivity contribution in [3.05, 3.63) is 65.7 Å². The van der Waals surface area contributed by atoms with Crippen LogP contribution in [0, 0.1) is 5.92 Å². The van der Waals surface area contributed by atoms with Gasteiger partial charge in [-0.15, -0.1) is 0 Å². The third kappa shape index (κ3) is 5.51. The zero-order valence-corrected chi connectivity index (χ0v) is 18.1. The molecule has 4 rings (SSSR count). The molecule has 6 nitrogen and oxygen atoms in total. The highest BCUT2D eigenvalue weighted by Gasteiger charge is 2.27. The molecule has 0 spiro atoms. The summed E-state index contributed by atoms with van der Waals surface area (Å²) in [5.74, 6) is 0.0178. The molecule has 3 N–H and O–H groups in total. The smallest absolute Gasteiger partial charge is 0.227 e. The van der Waals surface area contributed by atoms with Crippen LogP contribution in [-0.4, -0.2) is 36.3 Å². The molecular weight excluding hydrogens is 388 g/mol. The lowest BCUT2D eigenvalue weighted by atomic mass is 9.89. The molecule has 3 unspecified atom stereocenters. The average molecular weight is 421 g/mol. The molecule has 6 heteroatoms. The second-order valence-electron chi connectivity index (χ2n) is 8.73. The molecule has 2 aromatic carbocycles. The van der Waals surface area contributed by atoms with Gasteiger partial charge in [-0.2, -0.15) is 0 Å². The van der Waals surface area contributed by atoms with Crippen LogP contribution in [0.1, 0.15) is 49.3 Å². The Hall–Kier alpha value is -2.70. The fourth-order valence-corrected chi connectivity index (χ4v) is 4.55. The Morgan fingerprint density at radius 2 is 1.81 bits per heavy atom. The largest absolute Gasteiger partial charge is 0.346 e. The second kappa shape index (κ2) is 10.1. The van der Waals surface area contributed by atoms with E-state index < -0.39 is 0 Å². The van der Waals surface area contributed by atoms with E-state index in [9.17, 15) is 9.59 Å². The molecule has 1 fully saturated rings. The molecule has 2 aliphatic rings. The maximum Gasteiger partial charge on any atom is 0.227 e. The average Bonchev–Trinajstić information content (AvgIpc) is 3.27. The second-order valence-corrected chi connectivity index (χ2v) is 8.73. The normalized spacial score (nSPS) is 22.6. The van der Waals surface area contributed by atoms with Crippen LogP contribution in [0.2, 0.25) is 0 Å². The number of rotatable bonds is 8. The van der Waals surface area contributed by atoms with Crippen molar-refractivity contribution < 1.29 is 9.59 Å². The topological polar surface area (TPSA) is 73.5 Å². The fraction of sp³-hybridized carbons (Fsp3) is 0.440. The molecule has 2 amide bonds. The Labute approximate surface area is 184 Å².